The summed E-state index contributed by atoms with van der Waals surface area (Å²) >= 11 is 3.39. The number of benzene rings is 1. The van der Waals surface area contributed by atoms with Crippen molar-refractivity contribution in [3.8, 4) is 0 Å². The molecule has 0 amide bonds. The van der Waals surface area contributed by atoms with Crippen LogP contribution in [0, 0.1) is 0 Å². The first-order valence-electron chi connectivity index (χ1n) is 8.62. The summed E-state index contributed by atoms with van der Waals surface area (Å²) in [5, 5.41) is 0. The summed E-state index contributed by atoms with van der Waals surface area (Å²) in [5.41, 5.74) is 3.84. The maximum Gasteiger partial charge on any atom is 0.258 e. The van der Waals surface area contributed by atoms with Crippen molar-refractivity contribution in [3.63, 3.8) is 0 Å². The second kappa shape index (κ2) is 8.01. The number of halogens is 1. The van der Waals surface area contributed by atoms with Crippen molar-refractivity contribution in [1.82, 2.24) is 14.3 Å². The first-order chi connectivity index (χ1) is 12.5. The zero-order chi connectivity index (χ0) is 18.7. The molecule has 5 nitrogen and oxygen atoms in total. The highest BCUT2D eigenvalue weighted by molar-refractivity contribution is 9.10. The fourth-order valence-electron chi connectivity index (χ4n) is 2.87. The molecule has 26 heavy (non-hydrogen) atoms. The van der Waals surface area contributed by atoms with Crippen LogP contribution < -0.4 is 10.5 Å². The maximum atomic E-state index is 12.4. The molecule has 0 atom stereocenters. The van der Waals surface area contributed by atoms with E-state index >= 15 is 0 Å². The molecular weight excluding hydrogens is 392 g/mol. The molecule has 0 aliphatic rings. The number of anilines is 1. The molecule has 0 radical (unpaired) electrons. The highest BCUT2D eigenvalue weighted by Crippen LogP contribution is 2.15. The standard InChI is InChI=1S/C20H23BrN4O/c1-4-24(12-15-5-8-18(9-6-15)23(2)3)14-17-11-20(26)25-13-16(21)7-10-19(25)22-17/h5-11,13H,4,12,14H2,1-3H3. The third-order valence-corrected chi connectivity index (χ3v) is 4.84. The van der Waals surface area contributed by atoms with E-state index in [0.717, 1.165) is 23.3 Å². The lowest BCUT2D eigenvalue weighted by Gasteiger charge is -2.21. The van der Waals surface area contributed by atoms with Crippen LogP contribution in [-0.4, -0.2) is 34.9 Å². The highest BCUT2D eigenvalue weighted by Gasteiger charge is 2.09. The van der Waals surface area contributed by atoms with Crippen LogP contribution >= 0.6 is 15.9 Å². The molecule has 0 saturated carbocycles. The Morgan fingerprint density at radius 3 is 2.46 bits per heavy atom. The smallest absolute Gasteiger partial charge is 0.258 e. The van der Waals surface area contributed by atoms with Gasteiger partial charge in [0.15, 0.2) is 0 Å². The third-order valence-electron chi connectivity index (χ3n) is 4.37. The lowest BCUT2D eigenvalue weighted by Crippen LogP contribution is -2.25. The van der Waals surface area contributed by atoms with Gasteiger partial charge in [-0.05, 0) is 52.3 Å². The topological polar surface area (TPSA) is 40.9 Å². The summed E-state index contributed by atoms with van der Waals surface area (Å²) in [6.07, 6.45) is 1.75. The quantitative estimate of drug-likeness (QED) is 0.618. The van der Waals surface area contributed by atoms with Crippen LogP contribution in [0.3, 0.4) is 0 Å². The Hall–Kier alpha value is -2.18. The van der Waals surface area contributed by atoms with Crippen molar-refractivity contribution >= 4 is 27.3 Å². The number of fused-ring (bicyclic) bond motifs is 1. The molecule has 0 unspecified atom stereocenters. The van der Waals surface area contributed by atoms with Crippen LogP contribution in [0.1, 0.15) is 18.2 Å². The monoisotopic (exact) mass is 414 g/mol. The van der Waals surface area contributed by atoms with Crippen LogP contribution in [0.4, 0.5) is 5.69 Å². The Morgan fingerprint density at radius 2 is 1.81 bits per heavy atom. The number of hydrogen-bond acceptors (Lipinski definition) is 4. The number of hydrogen-bond donors (Lipinski definition) is 0. The van der Waals surface area contributed by atoms with Gasteiger partial charge in [0.2, 0.25) is 0 Å². The Labute approximate surface area is 162 Å². The summed E-state index contributed by atoms with van der Waals surface area (Å²) in [7, 11) is 4.08. The van der Waals surface area contributed by atoms with Crippen LogP contribution in [0.15, 0.2) is 57.9 Å². The van der Waals surface area contributed by atoms with Crippen LogP contribution in [-0.2, 0) is 13.1 Å². The summed E-state index contributed by atoms with van der Waals surface area (Å²) in [6.45, 7) is 4.48. The van der Waals surface area contributed by atoms with Crippen molar-refractivity contribution in [2.24, 2.45) is 0 Å². The predicted octanol–water partition coefficient (Wildman–Crippen LogP) is 3.55. The first kappa shape index (κ1) is 18.6. The Morgan fingerprint density at radius 1 is 1.08 bits per heavy atom. The fourth-order valence-corrected chi connectivity index (χ4v) is 3.21. The minimum Gasteiger partial charge on any atom is -0.378 e. The van der Waals surface area contributed by atoms with Crippen molar-refractivity contribution in [3.05, 3.63) is 74.7 Å². The average Bonchev–Trinajstić information content (AvgIpc) is 2.62. The van der Waals surface area contributed by atoms with Gasteiger partial charge in [-0.3, -0.25) is 14.1 Å². The van der Waals surface area contributed by atoms with E-state index < -0.39 is 0 Å². The SMILES string of the molecule is CCN(Cc1ccc(N(C)C)cc1)Cc1cc(=O)n2cc(Br)ccc2n1. The molecule has 2 aromatic heterocycles. The molecule has 0 saturated heterocycles. The normalized spacial score (nSPS) is 11.3. The van der Waals surface area contributed by atoms with Gasteiger partial charge in [0, 0.05) is 49.6 Å². The van der Waals surface area contributed by atoms with Gasteiger partial charge in [-0.25, -0.2) is 4.98 Å². The molecule has 0 aliphatic carbocycles. The zero-order valence-corrected chi connectivity index (χ0v) is 16.9. The minimum absolute atomic E-state index is 0.0577. The number of pyridine rings is 1. The van der Waals surface area contributed by atoms with Crippen molar-refractivity contribution in [2.75, 3.05) is 25.5 Å². The summed E-state index contributed by atoms with van der Waals surface area (Å²) in [5.74, 6) is 0. The Bertz CT molecular complexity index is 950. The lowest BCUT2D eigenvalue weighted by molar-refractivity contribution is 0.268. The summed E-state index contributed by atoms with van der Waals surface area (Å²) in [6, 6.07) is 13.9. The van der Waals surface area contributed by atoms with Gasteiger partial charge in [0.25, 0.3) is 5.56 Å². The number of rotatable bonds is 6. The number of nitrogens with zero attached hydrogens (tertiary/aromatic N) is 4. The molecule has 0 N–H and O–H groups in total. The molecule has 136 valence electrons. The van der Waals surface area contributed by atoms with E-state index in [2.05, 4.69) is 61.9 Å². The largest absolute Gasteiger partial charge is 0.378 e. The average molecular weight is 415 g/mol. The van der Waals surface area contributed by atoms with E-state index in [4.69, 9.17) is 0 Å². The first-order valence-corrected chi connectivity index (χ1v) is 9.42. The Balaban J connectivity index is 1.78. The van der Waals surface area contributed by atoms with Gasteiger partial charge in [-0.15, -0.1) is 0 Å². The second-order valence-corrected chi connectivity index (χ2v) is 7.44. The Kier molecular flexibility index (Phi) is 5.74. The molecule has 0 aliphatic heterocycles. The minimum atomic E-state index is -0.0577. The summed E-state index contributed by atoms with van der Waals surface area (Å²) in [4.78, 5) is 21.4. The molecule has 3 rings (SSSR count). The molecule has 6 heteroatoms. The highest BCUT2D eigenvalue weighted by atomic mass is 79.9. The molecule has 0 fully saturated rings. The van der Waals surface area contributed by atoms with Crippen molar-refractivity contribution in [2.45, 2.75) is 20.0 Å². The van der Waals surface area contributed by atoms with Crippen molar-refractivity contribution in [1.29, 1.82) is 0 Å². The van der Waals surface area contributed by atoms with Crippen LogP contribution in [0.25, 0.3) is 5.65 Å². The third kappa shape index (κ3) is 4.31. The number of aromatic nitrogens is 2. The summed E-state index contributed by atoms with van der Waals surface area (Å²) < 4.78 is 2.42. The van der Waals surface area contributed by atoms with Crippen LogP contribution in [0.5, 0.6) is 0 Å². The van der Waals surface area contributed by atoms with Gasteiger partial charge in [-0.2, -0.15) is 0 Å². The molecule has 0 spiro atoms. The molecule has 0 bridgehead atoms. The molecule has 2 heterocycles. The van der Waals surface area contributed by atoms with E-state index in [1.165, 1.54) is 11.3 Å². The van der Waals surface area contributed by atoms with Gasteiger partial charge in [0.05, 0.1) is 5.69 Å². The molecular formula is C20H23BrN4O. The molecule has 1 aromatic carbocycles. The van der Waals surface area contributed by atoms with Gasteiger partial charge >= 0.3 is 0 Å². The van der Waals surface area contributed by atoms with E-state index in [0.29, 0.717) is 12.2 Å². The zero-order valence-electron chi connectivity index (χ0n) is 15.3. The van der Waals surface area contributed by atoms with Crippen molar-refractivity contribution < 1.29 is 0 Å². The second-order valence-electron chi connectivity index (χ2n) is 6.53. The van der Waals surface area contributed by atoms with E-state index in [1.807, 2.05) is 26.2 Å². The van der Waals surface area contributed by atoms with E-state index in [9.17, 15) is 4.79 Å². The van der Waals surface area contributed by atoms with Gasteiger partial charge < -0.3 is 4.90 Å². The predicted molar refractivity (Wildman–Crippen MR) is 110 cm³/mol. The van der Waals surface area contributed by atoms with Gasteiger partial charge in [-0.1, -0.05) is 19.1 Å². The van der Waals surface area contributed by atoms with E-state index in [-0.39, 0.29) is 5.56 Å². The molecule has 3 aromatic rings. The lowest BCUT2D eigenvalue weighted by atomic mass is 10.2. The van der Waals surface area contributed by atoms with Gasteiger partial charge in [0.1, 0.15) is 5.65 Å². The fraction of sp³-hybridized carbons (Fsp3) is 0.300. The van der Waals surface area contributed by atoms with E-state index in [1.54, 1.807) is 16.7 Å². The van der Waals surface area contributed by atoms with Crippen LogP contribution in [0.2, 0.25) is 0 Å². The maximum absolute atomic E-state index is 12.4.